The summed E-state index contributed by atoms with van der Waals surface area (Å²) in [7, 11) is 0. The van der Waals surface area contributed by atoms with Crippen LogP contribution in [0.15, 0.2) is 57.9 Å². The summed E-state index contributed by atoms with van der Waals surface area (Å²) in [5, 5.41) is 0. The second kappa shape index (κ2) is 6.60. The average molecular weight is 331 g/mol. The van der Waals surface area contributed by atoms with Gasteiger partial charge in [-0.1, -0.05) is 30.2 Å². The molecule has 19 heavy (non-hydrogen) atoms. The molecule has 0 saturated heterocycles. The van der Waals surface area contributed by atoms with Crippen molar-refractivity contribution >= 4 is 33.5 Å². The number of Topliss-reactive ketones (excluding diaryl/α,β-unsaturated/α-hetero) is 1. The summed E-state index contributed by atoms with van der Waals surface area (Å²) < 4.78 is 0.897. The van der Waals surface area contributed by atoms with Crippen LogP contribution in [0.5, 0.6) is 0 Å². The van der Waals surface area contributed by atoms with Gasteiger partial charge in [-0.15, -0.1) is 11.8 Å². The van der Waals surface area contributed by atoms with Gasteiger partial charge in [0.15, 0.2) is 0 Å². The van der Waals surface area contributed by atoms with Crippen LogP contribution in [0.2, 0.25) is 0 Å². The van der Waals surface area contributed by atoms with E-state index in [2.05, 4.69) is 27.8 Å². The van der Waals surface area contributed by atoms with Crippen LogP contribution in [-0.4, -0.2) is 12.0 Å². The number of rotatable bonds is 2. The zero-order valence-electron chi connectivity index (χ0n) is 10.3. The third kappa shape index (κ3) is 3.50. The fourth-order valence-corrected chi connectivity index (χ4v) is 2.57. The Hall–Kier alpha value is -1.50. The molecule has 0 saturated carbocycles. The van der Waals surface area contributed by atoms with Gasteiger partial charge in [0.05, 0.1) is 0 Å². The lowest BCUT2D eigenvalue weighted by Gasteiger charge is -2.01. The summed E-state index contributed by atoms with van der Waals surface area (Å²) in [4.78, 5) is 13.1. The Kier molecular flexibility index (Phi) is 4.84. The highest BCUT2D eigenvalue weighted by molar-refractivity contribution is 9.10. The number of hydrogen-bond donors (Lipinski definition) is 0. The molecule has 0 aromatic heterocycles. The highest BCUT2D eigenvalue weighted by Gasteiger charge is 2.07. The first-order chi connectivity index (χ1) is 9.22. The Balaban J connectivity index is 2.30. The fraction of sp³-hybridized carbons (Fsp3) is 0.0625. The summed E-state index contributed by atoms with van der Waals surface area (Å²) >= 11 is 4.96. The van der Waals surface area contributed by atoms with E-state index in [-0.39, 0.29) is 5.78 Å². The van der Waals surface area contributed by atoms with E-state index in [0.717, 1.165) is 14.9 Å². The van der Waals surface area contributed by atoms with E-state index in [4.69, 9.17) is 0 Å². The van der Waals surface area contributed by atoms with E-state index in [1.807, 2.05) is 54.8 Å². The molecule has 0 fully saturated rings. The maximum Gasteiger partial charge on any atom is 0.237 e. The average Bonchev–Trinajstić information content (AvgIpc) is 2.46. The molecule has 1 nitrogen and oxygen atoms in total. The van der Waals surface area contributed by atoms with E-state index in [1.165, 1.54) is 0 Å². The maximum absolute atomic E-state index is 12.1. The van der Waals surface area contributed by atoms with Gasteiger partial charge in [-0.05, 0) is 52.4 Å². The van der Waals surface area contributed by atoms with E-state index < -0.39 is 0 Å². The number of ketones is 1. The molecule has 0 aliphatic carbocycles. The van der Waals surface area contributed by atoms with E-state index in [1.54, 1.807) is 11.8 Å². The molecule has 2 rings (SSSR count). The zero-order valence-corrected chi connectivity index (χ0v) is 12.7. The SMILES string of the molecule is CSc1ccccc1C(=O)C#Cc1ccccc1Br. The minimum Gasteiger partial charge on any atom is -0.279 e. The topological polar surface area (TPSA) is 17.1 Å². The maximum atomic E-state index is 12.1. The summed E-state index contributed by atoms with van der Waals surface area (Å²) in [5.41, 5.74) is 1.48. The van der Waals surface area contributed by atoms with Crippen molar-refractivity contribution in [3.8, 4) is 11.8 Å². The van der Waals surface area contributed by atoms with Gasteiger partial charge < -0.3 is 0 Å². The van der Waals surface area contributed by atoms with Crippen LogP contribution in [-0.2, 0) is 0 Å². The summed E-state index contributed by atoms with van der Waals surface area (Å²) in [5.74, 6) is 5.45. The Bertz CT molecular complexity index is 668. The normalized spacial score (nSPS) is 9.58. The molecule has 0 heterocycles. The lowest BCUT2D eigenvalue weighted by molar-refractivity contribution is 0.105. The van der Waals surface area contributed by atoms with Crippen LogP contribution in [0.4, 0.5) is 0 Å². The van der Waals surface area contributed by atoms with Crippen molar-refractivity contribution in [3.05, 3.63) is 64.1 Å². The van der Waals surface area contributed by atoms with Crippen molar-refractivity contribution in [1.29, 1.82) is 0 Å². The van der Waals surface area contributed by atoms with Crippen molar-refractivity contribution < 1.29 is 4.79 Å². The number of carbonyl (C=O) groups is 1. The largest absolute Gasteiger partial charge is 0.279 e. The van der Waals surface area contributed by atoms with Crippen LogP contribution < -0.4 is 0 Å². The summed E-state index contributed by atoms with van der Waals surface area (Å²) in [6.45, 7) is 0. The van der Waals surface area contributed by atoms with Gasteiger partial charge in [-0.3, -0.25) is 4.79 Å². The highest BCUT2D eigenvalue weighted by Crippen LogP contribution is 2.20. The molecular weight excluding hydrogens is 320 g/mol. The molecule has 3 heteroatoms. The minimum atomic E-state index is -0.152. The minimum absolute atomic E-state index is 0.152. The lowest BCUT2D eigenvalue weighted by Crippen LogP contribution is -1.97. The van der Waals surface area contributed by atoms with Crippen LogP contribution in [0.3, 0.4) is 0 Å². The molecule has 2 aromatic carbocycles. The Labute approximate surface area is 125 Å². The van der Waals surface area contributed by atoms with E-state index in [9.17, 15) is 4.79 Å². The zero-order chi connectivity index (χ0) is 13.7. The highest BCUT2D eigenvalue weighted by atomic mass is 79.9. The van der Waals surface area contributed by atoms with Gasteiger partial charge in [0.1, 0.15) is 0 Å². The molecule has 0 amide bonds. The predicted octanol–water partition coefficient (Wildman–Crippen LogP) is 4.41. The first-order valence-electron chi connectivity index (χ1n) is 5.66. The fourth-order valence-electron chi connectivity index (χ4n) is 1.59. The Morgan fingerprint density at radius 3 is 2.53 bits per heavy atom. The van der Waals surface area contributed by atoms with Gasteiger partial charge in [0.25, 0.3) is 0 Å². The molecule has 0 aliphatic heterocycles. The van der Waals surface area contributed by atoms with E-state index in [0.29, 0.717) is 5.56 Å². The number of thioether (sulfide) groups is 1. The van der Waals surface area contributed by atoms with Crippen molar-refractivity contribution in [2.75, 3.05) is 6.26 Å². The van der Waals surface area contributed by atoms with Gasteiger partial charge in [-0.2, -0.15) is 0 Å². The molecule has 0 bridgehead atoms. The summed E-state index contributed by atoms with van der Waals surface area (Å²) in [6, 6.07) is 15.1. The van der Waals surface area contributed by atoms with Crippen LogP contribution in [0, 0.1) is 11.8 Å². The standard InChI is InChI=1S/C16H11BrOS/c1-19-16-9-5-3-7-13(16)15(18)11-10-12-6-2-4-8-14(12)17/h2-9H,1H3. The second-order valence-corrected chi connectivity index (χ2v) is 5.46. The third-order valence-corrected chi connectivity index (χ3v) is 4.02. The van der Waals surface area contributed by atoms with Gasteiger partial charge in [0.2, 0.25) is 5.78 Å². The number of benzene rings is 2. The van der Waals surface area contributed by atoms with Crippen LogP contribution in [0.1, 0.15) is 15.9 Å². The molecule has 0 spiro atoms. The second-order valence-electron chi connectivity index (χ2n) is 3.76. The van der Waals surface area contributed by atoms with Crippen molar-refractivity contribution in [2.24, 2.45) is 0 Å². The molecule has 0 unspecified atom stereocenters. The number of hydrogen-bond acceptors (Lipinski definition) is 2. The molecular formula is C16H11BrOS. The first kappa shape index (κ1) is 13.9. The number of carbonyl (C=O) groups excluding carboxylic acids is 1. The quantitative estimate of drug-likeness (QED) is 0.461. The Morgan fingerprint density at radius 1 is 1.11 bits per heavy atom. The van der Waals surface area contributed by atoms with E-state index >= 15 is 0 Å². The smallest absolute Gasteiger partial charge is 0.237 e. The molecule has 0 atom stereocenters. The molecule has 94 valence electrons. The summed E-state index contributed by atoms with van der Waals surface area (Å²) in [6.07, 6.45) is 1.95. The molecule has 0 N–H and O–H groups in total. The predicted molar refractivity (Wildman–Crippen MR) is 83.6 cm³/mol. The van der Waals surface area contributed by atoms with Gasteiger partial charge >= 0.3 is 0 Å². The molecule has 2 aromatic rings. The van der Waals surface area contributed by atoms with Gasteiger partial charge in [-0.25, -0.2) is 0 Å². The number of halogens is 1. The van der Waals surface area contributed by atoms with Crippen molar-refractivity contribution in [2.45, 2.75) is 4.90 Å². The van der Waals surface area contributed by atoms with Crippen molar-refractivity contribution in [3.63, 3.8) is 0 Å². The Morgan fingerprint density at radius 2 is 1.79 bits per heavy atom. The molecule has 0 aliphatic rings. The first-order valence-corrected chi connectivity index (χ1v) is 7.68. The van der Waals surface area contributed by atoms with Crippen LogP contribution in [0.25, 0.3) is 0 Å². The monoisotopic (exact) mass is 330 g/mol. The molecule has 0 radical (unpaired) electrons. The lowest BCUT2D eigenvalue weighted by atomic mass is 10.1. The van der Waals surface area contributed by atoms with Crippen molar-refractivity contribution in [1.82, 2.24) is 0 Å². The van der Waals surface area contributed by atoms with Gasteiger partial charge in [0, 0.05) is 20.5 Å². The third-order valence-electron chi connectivity index (χ3n) is 2.54. The van der Waals surface area contributed by atoms with Crippen LogP contribution >= 0.6 is 27.7 Å².